The standard InChI is InChI=1S/2C13H12P.C6H5.ClH.H3N.Pd/c2*1-14(12-8-4-2-5-9-12)13-10-6-3-7-11-13;1-2-4-6-5-3-1;;;/h2*2-11H,1H2;1-5H;1H;1H3;/q3*-1;;;. The first-order valence-corrected chi connectivity index (χ1v) is 14.1. The molecule has 0 aliphatic rings. The van der Waals surface area contributed by atoms with Gasteiger partial charge in [-0.25, -0.2) is 15.8 Å². The van der Waals surface area contributed by atoms with Gasteiger partial charge in [0.05, 0.1) is 0 Å². The molecule has 0 aliphatic heterocycles. The summed E-state index contributed by atoms with van der Waals surface area (Å²) in [6, 6.07) is 54.4. The van der Waals surface area contributed by atoms with Gasteiger partial charge in [-0.15, -0.1) is 12.4 Å². The molecule has 0 aliphatic carbocycles. The summed E-state index contributed by atoms with van der Waals surface area (Å²) < 4.78 is 0. The Bertz CT molecular complexity index is 979. The Kier molecular flexibility index (Phi) is 19.7. The second kappa shape index (κ2) is 20.9. The van der Waals surface area contributed by atoms with Crippen LogP contribution in [0.3, 0.4) is 0 Å². The van der Waals surface area contributed by atoms with E-state index in [0.29, 0.717) is 0 Å². The van der Waals surface area contributed by atoms with Gasteiger partial charge in [0.25, 0.3) is 0 Å². The van der Waals surface area contributed by atoms with E-state index in [1.54, 1.807) is 0 Å². The summed E-state index contributed by atoms with van der Waals surface area (Å²) in [5.41, 5.74) is 0. The number of halogens is 1. The zero-order valence-corrected chi connectivity index (χ0v) is 24.8. The van der Waals surface area contributed by atoms with E-state index in [2.05, 4.69) is 116 Å². The van der Waals surface area contributed by atoms with Gasteiger partial charge in [-0.05, 0) is 0 Å². The molecule has 1 nitrogen and oxygen atoms in total. The summed E-state index contributed by atoms with van der Waals surface area (Å²) >= 11 is 0. The van der Waals surface area contributed by atoms with Crippen LogP contribution in [0.15, 0.2) is 152 Å². The minimum Gasteiger partial charge on any atom is -0.344 e. The van der Waals surface area contributed by atoms with E-state index >= 15 is 0 Å². The average Bonchev–Trinajstić information content (AvgIpc) is 2.96. The van der Waals surface area contributed by atoms with Crippen LogP contribution in [0.5, 0.6) is 0 Å². The van der Waals surface area contributed by atoms with Gasteiger partial charge in [0.2, 0.25) is 0 Å². The molecule has 5 rings (SSSR count). The molecular weight excluding hydrogens is 602 g/mol. The predicted octanol–water partition coefficient (Wildman–Crippen LogP) is 7.89. The van der Waals surface area contributed by atoms with E-state index < -0.39 is 15.8 Å². The first kappa shape index (κ1) is 34.9. The number of benzene rings is 5. The second-order valence-electron chi connectivity index (χ2n) is 7.28. The number of hydrogen-bond acceptors (Lipinski definition) is 1. The normalized spacial score (nSPS) is 9.19. The molecular formula is C32H33ClNP2Pd-3. The Morgan fingerprint density at radius 1 is 0.405 bits per heavy atom. The van der Waals surface area contributed by atoms with Crippen molar-refractivity contribution in [1.29, 1.82) is 0 Å². The Balaban J connectivity index is 0.000000539. The van der Waals surface area contributed by atoms with Crippen molar-refractivity contribution in [1.82, 2.24) is 6.15 Å². The minimum absolute atomic E-state index is 0. The van der Waals surface area contributed by atoms with Gasteiger partial charge in [-0.1, -0.05) is 143 Å². The third kappa shape index (κ3) is 12.8. The molecule has 0 amide bonds. The Hall–Kier alpha value is -2.13. The van der Waals surface area contributed by atoms with Crippen LogP contribution < -0.4 is 27.4 Å². The topological polar surface area (TPSA) is 35.0 Å². The van der Waals surface area contributed by atoms with Gasteiger partial charge < -0.3 is 19.5 Å². The first-order valence-electron chi connectivity index (χ1n) is 11.1. The predicted molar refractivity (Wildman–Crippen MR) is 166 cm³/mol. The molecule has 0 unspecified atom stereocenters. The fraction of sp³-hybridized carbons (Fsp3) is 0. The fourth-order valence-electron chi connectivity index (χ4n) is 3.07. The first-order chi connectivity index (χ1) is 16.8. The zero-order valence-electron chi connectivity index (χ0n) is 20.7. The molecule has 37 heavy (non-hydrogen) atoms. The van der Waals surface area contributed by atoms with Crippen LogP contribution in [0, 0.1) is 19.4 Å². The Morgan fingerprint density at radius 2 is 0.622 bits per heavy atom. The molecule has 3 N–H and O–H groups in total. The minimum atomic E-state index is -0.421. The van der Waals surface area contributed by atoms with Crippen molar-refractivity contribution in [3.63, 3.8) is 0 Å². The van der Waals surface area contributed by atoms with Crippen LogP contribution in [0.4, 0.5) is 0 Å². The van der Waals surface area contributed by atoms with Crippen LogP contribution in [0.25, 0.3) is 0 Å². The van der Waals surface area contributed by atoms with Gasteiger partial charge in [-0.2, -0.15) is 36.4 Å². The molecule has 5 aromatic rings. The molecule has 0 bridgehead atoms. The molecule has 0 heterocycles. The van der Waals surface area contributed by atoms with Crippen molar-refractivity contribution in [2.45, 2.75) is 0 Å². The van der Waals surface area contributed by atoms with Crippen molar-refractivity contribution in [2.24, 2.45) is 0 Å². The average molecular weight is 635 g/mol. The molecule has 196 valence electrons. The monoisotopic (exact) mass is 634 g/mol. The number of hydrogen-bond donors (Lipinski definition) is 1. The molecule has 0 atom stereocenters. The van der Waals surface area contributed by atoms with Crippen molar-refractivity contribution in [3.05, 3.63) is 171 Å². The van der Waals surface area contributed by atoms with Gasteiger partial charge in [0, 0.05) is 20.4 Å². The van der Waals surface area contributed by atoms with Gasteiger partial charge >= 0.3 is 0 Å². The third-order valence-corrected chi connectivity index (χ3v) is 8.56. The molecule has 0 saturated heterocycles. The fourth-order valence-corrected chi connectivity index (χ4v) is 5.80. The van der Waals surface area contributed by atoms with E-state index in [4.69, 9.17) is 0 Å². The summed E-state index contributed by atoms with van der Waals surface area (Å²) in [5.74, 6) is 0. The van der Waals surface area contributed by atoms with Crippen LogP contribution in [-0.2, 0) is 20.4 Å². The van der Waals surface area contributed by atoms with E-state index in [1.165, 1.54) is 21.2 Å². The SMILES string of the molecule is Cl.N.[CH2-]P(c1ccccc1)c1ccccc1.[CH2-]P(c1ccccc1)c1ccccc1.[Pd].[c-]1ccccc1. The molecule has 0 radical (unpaired) electrons. The van der Waals surface area contributed by atoms with Gasteiger partial charge in [0.15, 0.2) is 0 Å². The Labute approximate surface area is 245 Å². The third-order valence-electron chi connectivity index (χ3n) is 4.88. The van der Waals surface area contributed by atoms with Crippen molar-refractivity contribution >= 4 is 49.5 Å². The zero-order chi connectivity index (χ0) is 23.8. The molecule has 0 spiro atoms. The van der Waals surface area contributed by atoms with Crippen LogP contribution >= 0.6 is 28.3 Å². The maximum Gasteiger partial charge on any atom is 0 e. The quantitative estimate of drug-likeness (QED) is 0.122. The Morgan fingerprint density at radius 3 is 0.784 bits per heavy atom. The van der Waals surface area contributed by atoms with Gasteiger partial charge in [0.1, 0.15) is 0 Å². The molecule has 0 saturated carbocycles. The molecule has 5 heteroatoms. The summed E-state index contributed by atoms with van der Waals surface area (Å²) in [4.78, 5) is 0. The molecule has 0 aromatic heterocycles. The smallest absolute Gasteiger partial charge is 0 e. The van der Waals surface area contributed by atoms with E-state index in [9.17, 15) is 0 Å². The van der Waals surface area contributed by atoms with E-state index in [1.807, 2.05) is 54.6 Å². The van der Waals surface area contributed by atoms with Crippen LogP contribution in [0.1, 0.15) is 0 Å². The van der Waals surface area contributed by atoms with Crippen LogP contribution in [0.2, 0.25) is 0 Å². The van der Waals surface area contributed by atoms with Crippen molar-refractivity contribution in [3.8, 4) is 0 Å². The molecule has 0 fully saturated rings. The maximum atomic E-state index is 4.24. The molecule has 5 aromatic carbocycles. The second-order valence-corrected chi connectivity index (χ2v) is 11.1. The van der Waals surface area contributed by atoms with E-state index in [-0.39, 0.29) is 39.0 Å². The summed E-state index contributed by atoms with van der Waals surface area (Å²) in [6.07, 6.45) is 0. The summed E-state index contributed by atoms with van der Waals surface area (Å²) in [5, 5.41) is 5.31. The number of rotatable bonds is 4. The largest absolute Gasteiger partial charge is 0.344 e. The summed E-state index contributed by atoms with van der Waals surface area (Å²) in [7, 11) is -0.842. The van der Waals surface area contributed by atoms with Crippen molar-refractivity contribution < 1.29 is 20.4 Å². The van der Waals surface area contributed by atoms with Crippen molar-refractivity contribution in [2.75, 3.05) is 0 Å². The van der Waals surface area contributed by atoms with Gasteiger partial charge in [-0.3, -0.25) is 0 Å². The van der Waals surface area contributed by atoms with E-state index in [0.717, 1.165) is 0 Å². The van der Waals surface area contributed by atoms with Crippen LogP contribution in [-0.4, -0.2) is 0 Å². The maximum absolute atomic E-state index is 4.24. The summed E-state index contributed by atoms with van der Waals surface area (Å²) in [6.45, 7) is 8.49.